The number of nitrogens with two attached hydrogens (primary N) is 3. The molecule has 1 rings (SSSR count). The number of carboxylic acids is 1. The number of nitrogens with one attached hydrogen (secondary N) is 3. The second-order valence-corrected chi connectivity index (χ2v) is 9.40. The van der Waals surface area contributed by atoms with Gasteiger partial charge in [0.05, 0.1) is 12.5 Å². The molecule has 0 aliphatic rings. The van der Waals surface area contributed by atoms with E-state index in [0.717, 1.165) is 5.56 Å². The van der Waals surface area contributed by atoms with Crippen molar-refractivity contribution in [2.75, 3.05) is 6.54 Å². The van der Waals surface area contributed by atoms with E-state index in [2.05, 4.69) is 16.0 Å². The van der Waals surface area contributed by atoms with Gasteiger partial charge in [-0.3, -0.25) is 19.2 Å². The predicted molar refractivity (Wildman–Crippen MR) is 138 cm³/mol. The Balaban J connectivity index is 2.97. The second kappa shape index (κ2) is 16.3. The summed E-state index contributed by atoms with van der Waals surface area (Å²) in [4.78, 5) is 61.8. The van der Waals surface area contributed by atoms with Gasteiger partial charge in [-0.2, -0.15) is 0 Å². The number of carbonyl (C=O) groups excluding carboxylic acids is 4. The summed E-state index contributed by atoms with van der Waals surface area (Å²) in [5.41, 5.74) is 17.7. The maximum Gasteiger partial charge on any atom is 0.326 e. The van der Waals surface area contributed by atoms with Crippen molar-refractivity contribution in [3.05, 3.63) is 35.9 Å². The molecule has 4 atom stereocenters. The number of carbonyl (C=O) groups is 5. The van der Waals surface area contributed by atoms with Crippen LogP contribution in [0, 0.1) is 5.92 Å². The Morgan fingerprint density at radius 1 is 0.865 bits per heavy atom. The molecular formula is C25H40N6O6. The van der Waals surface area contributed by atoms with E-state index in [1.807, 2.05) is 30.3 Å². The van der Waals surface area contributed by atoms with Crippen LogP contribution < -0.4 is 33.2 Å². The molecule has 0 spiro atoms. The van der Waals surface area contributed by atoms with Gasteiger partial charge in [0.25, 0.3) is 0 Å². The predicted octanol–water partition coefficient (Wildman–Crippen LogP) is -0.854. The lowest BCUT2D eigenvalue weighted by Crippen LogP contribution is -2.58. The second-order valence-electron chi connectivity index (χ2n) is 9.40. The van der Waals surface area contributed by atoms with E-state index in [-0.39, 0.29) is 25.2 Å². The molecule has 0 saturated carbocycles. The lowest BCUT2D eigenvalue weighted by Gasteiger charge is -2.25. The summed E-state index contributed by atoms with van der Waals surface area (Å²) >= 11 is 0. The van der Waals surface area contributed by atoms with Gasteiger partial charge in [-0.05, 0) is 50.1 Å². The average Bonchev–Trinajstić information content (AvgIpc) is 2.82. The molecule has 1 aromatic rings. The number of hydrogen-bond donors (Lipinski definition) is 7. The number of benzene rings is 1. The fourth-order valence-corrected chi connectivity index (χ4v) is 3.65. The lowest BCUT2D eigenvalue weighted by atomic mass is 10.0. The SMILES string of the molecule is CC(C)CC(NC(=O)C(CC(N)=O)NC(=O)C(CCCCN)NC(=O)C(N)Cc1ccccc1)C(=O)O. The zero-order valence-corrected chi connectivity index (χ0v) is 21.4. The Morgan fingerprint density at radius 2 is 1.43 bits per heavy atom. The van der Waals surface area contributed by atoms with Crippen LogP contribution >= 0.6 is 0 Å². The molecule has 12 heteroatoms. The number of primary amides is 1. The third-order valence-electron chi connectivity index (χ3n) is 5.58. The highest BCUT2D eigenvalue weighted by molar-refractivity contribution is 5.96. The highest BCUT2D eigenvalue weighted by atomic mass is 16.4. The first-order valence-electron chi connectivity index (χ1n) is 12.4. The first-order chi connectivity index (χ1) is 17.4. The smallest absolute Gasteiger partial charge is 0.326 e. The van der Waals surface area contributed by atoms with Gasteiger partial charge in [0, 0.05) is 0 Å². The first-order valence-corrected chi connectivity index (χ1v) is 12.4. The van der Waals surface area contributed by atoms with E-state index < -0.39 is 60.2 Å². The van der Waals surface area contributed by atoms with Crippen molar-refractivity contribution < 1.29 is 29.1 Å². The van der Waals surface area contributed by atoms with Crippen LogP contribution in [0.1, 0.15) is 51.5 Å². The van der Waals surface area contributed by atoms with E-state index in [0.29, 0.717) is 19.4 Å². The summed E-state index contributed by atoms with van der Waals surface area (Å²) in [6.45, 7) is 3.97. The Hall–Kier alpha value is -3.51. The third kappa shape index (κ3) is 12.3. The molecule has 4 unspecified atom stereocenters. The van der Waals surface area contributed by atoms with Crippen molar-refractivity contribution in [3.8, 4) is 0 Å². The van der Waals surface area contributed by atoms with E-state index in [9.17, 15) is 29.1 Å². The molecule has 37 heavy (non-hydrogen) atoms. The minimum atomic E-state index is -1.43. The van der Waals surface area contributed by atoms with Crippen LogP contribution in [0.3, 0.4) is 0 Å². The summed E-state index contributed by atoms with van der Waals surface area (Å²) in [6.07, 6.45) is 1.16. The Bertz CT molecular complexity index is 910. The van der Waals surface area contributed by atoms with Crippen LogP contribution in [0.25, 0.3) is 0 Å². The summed E-state index contributed by atoms with van der Waals surface area (Å²) in [6, 6.07) is 4.52. The fourth-order valence-electron chi connectivity index (χ4n) is 3.65. The minimum Gasteiger partial charge on any atom is -0.480 e. The molecule has 1 aromatic carbocycles. The maximum absolute atomic E-state index is 13.1. The molecule has 0 fully saturated rings. The zero-order chi connectivity index (χ0) is 28.0. The van der Waals surface area contributed by atoms with Crippen molar-refractivity contribution in [2.45, 2.75) is 76.5 Å². The van der Waals surface area contributed by atoms with Gasteiger partial charge >= 0.3 is 5.97 Å². The summed E-state index contributed by atoms with van der Waals surface area (Å²) in [5.74, 6) is -4.30. The molecule has 0 aliphatic heterocycles. The zero-order valence-electron chi connectivity index (χ0n) is 21.4. The fraction of sp³-hybridized carbons (Fsp3) is 0.560. The number of amides is 4. The monoisotopic (exact) mass is 520 g/mol. The molecule has 0 saturated heterocycles. The van der Waals surface area contributed by atoms with Crippen LogP contribution in [0.5, 0.6) is 0 Å². The van der Waals surface area contributed by atoms with E-state index in [4.69, 9.17) is 17.2 Å². The Kier molecular flexibility index (Phi) is 13.9. The van der Waals surface area contributed by atoms with Gasteiger partial charge in [-0.15, -0.1) is 0 Å². The van der Waals surface area contributed by atoms with Gasteiger partial charge in [-0.25, -0.2) is 4.79 Å². The van der Waals surface area contributed by atoms with Crippen LogP contribution in [0.15, 0.2) is 30.3 Å². The van der Waals surface area contributed by atoms with Crippen molar-refractivity contribution in [1.82, 2.24) is 16.0 Å². The molecule has 206 valence electrons. The van der Waals surface area contributed by atoms with Gasteiger partial charge < -0.3 is 38.3 Å². The molecule has 0 bridgehead atoms. The van der Waals surface area contributed by atoms with Crippen molar-refractivity contribution in [2.24, 2.45) is 23.1 Å². The molecule has 4 amide bonds. The summed E-state index contributed by atoms with van der Waals surface area (Å²) in [5, 5.41) is 16.8. The molecular weight excluding hydrogens is 480 g/mol. The molecule has 0 heterocycles. The number of aliphatic carboxylic acids is 1. The number of carboxylic acid groups (broad SMARTS) is 1. The Morgan fingerprint density at radius 3 is 1.97 bits per heavy atom. The maximum atomic E-state index is 13.1. The van der Waals surface area contributed by atoms with Crippen molar-refractivity contribution in [3.63, 3.8) is 0 Å². The van der Waals surface area contributed by atoms with Gasteiger partial charge in [-0.1, -0.05) is 44.2 Å². The van der Waals surface area contributed by atoms with Crippen molar-refractivity contribution in [1.29, 1.82) is 0 Å². The van der Waals surface area contributed by atoms with Crippen LogP contribution in [0.2, 0.25) is 0 Å². The van der Waals surface area contributed by atoms with Crippen LogP contribution in [-0.2, 0) is 30.4 Å². The van der Waals surface area contributed by atoms with Crippen LogP contribution in [0.4, 0.5) is 0 Å². The normalized spacial score (nSPS) is 14.2. The highest BCUT2D eigenvalue weighted by Crippen LogP contribution is 2.08. The minimum absolute atomic E-state index is 0.0344. The first kappa shape index (κ1) is 31.5. The average molecular weight is 521 g/mol. The largest absolute Gasteiger partial charge is 0.480 e. The molecule has 0 aromatic heterocycles. The quantitative estimate of drug-likeness (QED) is 0.128. The number of rotatable bonds is 17. The summed E-state index contributed by atoms with van der Waals surface area (Å²) < 4.78 is 0. The topological polar surface area (TPSA) is 220 Å². The molecule has 10 N–H and O–H groups in total. The number of unbranched alkanes of at least 4 members (excludes halogenated alkanes) is 1. The standard InChI is InChI=1S/C25H40N6O6/c1-15(2)12-20(25(36)37)31-24(35)19(14-21(28)32)30-23(34)18(10-6-7-11-26)29-22(33)17(27)13-16-8-4-3-5-9-16/h3-5,8-9,15,17-20H,6-7,10-14,26-27H2,1-2H3,(H2,28,32)(H,29,33)(H,30,34)(H,31,35)(H,36,37). The Labute approximate surface area is 217 Å². The van der Waals surface area contributed by atoms with Crippen molar-refractivity contribution >= 4 is 29.6 Å². The van der Waals surface area contributed by atoms with E-state index in [1.54, 1.807) is 13.8 Å². The molecule has 12 nitrogen and oxygen atoms in total. The van der Waals surface area contributed by atoms with Gasteiger partial charge in [0.2, 0.25) is 23.6 Å². The van der Waals surface area contributed by atoms with Crippen LogP contribution in [-0.4, -0.2) is 65.4 Å². The molecule has 0 aliphatic carbocycles. The number of hydrogen-bond acceptors (Lipinski definition) is 7. The highest BCUT2D eigenvalue weighted by Gasteiger charge is 2.31. The third-order valence-corrected chi connectivity index (χ3v) is 5.58. The van der Waals surface area contributed by atoms with E-state index in [1.165, 1.54) is 0 Å². The van der Waals surface area contributed by atoms with Gasteiger partial charge in [0.1, 0.15) is 18.1 Å². The lowest BCUT2D eigenvalue weighted by molar-refractivity contribution is -0.143. The van der Waals surface area contributed by atoms with Gasteiger partial charge in [0.15, 0.2) is 0 Å². The molecule has 0 radical (unpaired) electrons. The summed E-state index contributed by atoms with van der Waals surface area (Å²) in [7, 11) is 0. The van der Waals surface area contributed by atoms with E-state index >= 15 is 0 Å².